The number of rotatable bonds is 10. The maximum Gasteiger partial charge on any atom is 0.244 e. The van der Waals surface area contributed by atoms with Gasteiger partial charge in [-0.25, -0.2) is 13.1 Å². The summed E-state index contributed by atoms with van der Waals surface area (Å²) in [5.74, 6) is 0.207. The average molecular weight is 372 g/mol. The Morgan fingerprint density at radius 3 is 2.36 bits per heavy atom. The monoisotopic (exact) mass is 372 g/mol. The Bertz CT molecular complexity index is 689. The van der Waals surface area contributed by atoms with Gasteiger partial charge in [0, 0.05) is 40.3 Å². The molecule has 0 heterocycles. The summed E-state index contributed by atoms with van der Waals surface area (Å²) >= 11 is 0. The van der Waals surface area contributed by atoms with E-state index >= 15 is 0 Å². The van der Waals surface area contributed by atoms with Gasteiger partial charge in [-0.15, -0.1) is 0 Å². The highest BCUT2D eigenvalue weighted by Crippen LogP contribution is 2.27. The van der Waals surface area contributed by atoms with E-state index in [1.165, 1.54) is 14.0 Å². The summed E-state index contributed by atoms with van der Waals surface area (Å²) < 4.78 is 37.9. The molecule has 0 saturated heterocycles. The van der Waals surface area contributed by atoms with Crippen LogP contribution in [0.25, 0.3) is 0 Å². The fourth-order valence-corrected chi connectivity index (χ4v) is 3.61. The van der Waals surface area contributed by atoms with Crippen LogP contribution in [0.4, 0.5) is 0 Å². The van der Waals surface area contributed by atoms with Gasteiger partial charge in [0.15, 0.2) is 0 Å². The lowest BCUT2D eigenvalue weighted by Crippen LogP contribution is -2.38. The van der Waals surface area contributed by atoms with Gasteiger partial charge in [-0.05, 0) is 43.5 Å². The first kappa shape index (κ1) is 21.4. The van der Waals surface area contributed by atoms with E-state index in [-0.39, 0.29) is 17.3 Å². The Kier molecular flexibility index (Phi) is 8.34. The van der Waals surface area contributed by atoms with E-state index in [9.17, 15) is 13.2 Å². The van der Waals surface area contributed by atoms with Crippen LogP contribution in [0.1, 0.15) is 24.5 Å². The number of hydrogen-bond donors (Lipinski definition) is 1. The lowest BCUT2D eigenvalue weighted by Gasteiger charge is -2.21. The van der Waals surface area contributed by atoms with Crippen LogP contribution in [0.5, 0.6) is 5.75 Å². The minimum absolute atomic E-state index is 0.0981. The molecule has 142 valence electrons. The molecule has 0 aliphatic heterocycles. The highest BCUT2D eigenvalue weighted by Gasteiger charge is 2.21. The standard InChI is InChI=1S/C17H28N2O5S/c1-13-11-16(24-5)17(12-14(13)2)25(21,22)18-7-9-19(15(3)20)8-6-10-23-4/h11-12,18H,6-10H2,1-5H3. The van der Waals surface area contributed by atoms with Crippen LogP contribution in [0.3, 0.4) is 0 Å². The van der Waals surface area contributed by atoms with Crippen LogP contribution >= 0.6 is 0 Å². The molecular weight excluding hydrogens is 344 g/mol. The molecule has 0 unspecified atom stereocenters. The highest BCUT2D eigenvalue weighted by molar-refractivity contribution is 7.89. The zero-order valence-electron chi connectivity index (χ0n) is 15.6. The summed E-state index contributed by atoms with van der Waals surface area (Å²) in [7, 11) is -0.685. The molecule has 1 N–H and O–H groups in total. The molecule has 25 heavy (non-hydrogen) atoms. The first-order valence-corrected chi connectivity index (χ1v) is 9.60. The zero-order valence-corrected chi connectivity index (χ0v) is 16.4. The van der Waals surface area contributed by atoms with Gasteiger partial charge < -0.3 is 14.4 Å². The van der Waals surface area contributed by atoms with Crippen LogP contribution in [-0.4, -0.2) is 59.7 Å². The lowest BCUT2D eigenvalue weighted by molar-refractivity contribution is -0.128. The van der Waals surface area contributed by atoms with Crippen molar-refractivity contribution >= 4 is 15.9 Å². The molecule has 1 aromatic carbocycles. The Hall–Kier alpha value is -1.64. The smallest absolute Gasteiger partial charge is 0.244 e. The average Bonchev–Trinajstić information content (AvgIpc) is 2.55. The molecule has 0 bridgehead atoms. The fourth-order valence-electron chi connectivity index (χ4n) is 2.35. The summed E-state index contributed by atoms with van der Waals surface area (Å²) in [6.07, 6.45) is 0.702. The molecule has 1 aromatic rings. The van der Waals surface area contributed by atoms with Gasteiger partial charge in [-0.1, -0.05) is 0 Å². The molecule has 0 aliphatic rings. The summed E-state index contributed by atoms with van der Waals surface area (Å²) in [5.41, 5.74) is 1.82. The van der Waals surface area contributed by atoms with E-state index in [0.29, 0.717) is 31.9 Å². The van der Waals surface area contributed by atoms with Gasteiger partial charge in [0.2, 0.25) is 15.9 Å². The van der Waals surface area contributed by atoms with Gasteiger partial charge in [-0.3, -0.25) is 4.79 Å². The third-order valence-electron chi connectivity index (χ3n) is 3.97. The number of benzene rings is 1. The SMILES string of the molecule is COCCCN(CCNS(=O)(=O)c1cc(C)c(C)cc1OC)C(C)=O. The minimum Gasteiger partial charge on any atom is -0.495 e. The van der Waals surface area contributed by atoms with Crippen molar-refractivity contribution in [3.8, 4) is 5.75 Å². The van der Waals surface area contributed by atoms with Crippen LogP contribution in [0, 0.1) is 13.8 Å². The number of amides is 1. The Morgan fingerprint density at radius 2 is 1.80 bits per heavy atom. The second-order valence-electron chi connectivity index (χ2n) is 5.84. The summed E-state index contributed by atoms with van der Waals surface area (Å²) in [6.45, 7) is 6.71. The number of methoxy groups -OCH3 is 2. The van der Waals surface area contributed by atoms with Crippen molar-refractivity contribution in [2.75, 3.05) is 40.5 Å². The quantitative estimate of drug-likeness (QED) is 0.629. The van der Waals surface area contributed by atoms with E-state index in [1.54, 1.807) is 24.1 Å². The second kappa shape index (κ2) is 9.74. The topological polar surface area (TPSA) is 84.9 Å². The predicted octanol–water partition coefficient (Wildman–Crippen LogP) is 1.48. The molecule has 0 atom stereocenters. The molecule has 8 heteroatoms. The Labute approximate surface area is 150 Å². The van der Waals surface area contributed by atoms with Crippen molar-refractivity contribution < 1.29 is 22.7 Å². The van der Waals surface area contributed by atoms with Gasteiger partial charge >= 0.3 is 0 Å². The van der Waals surface area contributed by atoms with Crippen LogP contribution in [0.15, 0.2) is 17.0 Å². The molecule has 0 aromatic heterocycles. The van der Waals surface area contributed by atoms with Crippen molar-refractivity contribution in [1.82, 2.24) is 9.62 Å². The van der Waals surface area contributed by atoms with Gasteiger partial charge in [0.05, 0.1) is 7.11 Å². The van der Waals surface area contributed by atoms with Crippen molar-refractivity contribution in [2.45, 2.75) is 32.1 Å². The number of aryl methyl sites for hydroxylation is 2. The molecule has 0 saturated carbocycles. The van der Waals surface area contributed by atoms with E-state index in [1.807, 2.05) is 13.8 Å². The third-order valence-corrected chi connectivity index (χ3v) is 5.45. The summed E-state index contributed by atoms with van der Waals surface area (Å²) in [5, 5.41) is 0. The van der Waals surface area contributed by atoms with Crippen LogP contribution in [-0.2, 0) is 19.6 Å². The predicted molar refractivity (Wildman–Crippen MR) is 96.4 cm³/mol. The lowest BCUT2D eigenvalue weighted by atomic mass is 10.1. The Balaban J connectivity index is 2.78. The van der Waals surface area contributed by atoms with Crippen molar-refractivity contribution in [3.05, 3.63) is 23.3 Å². The molecule has 0 fully saturated rings. The second-order valence-corrected chi connectivity index (χ2v) is 7.57. The number of nitrogens with zero attached hydrogens (tertiary/aromatic N) is 1. The third kappa shape index (κ3) is 6.30. The minimum atomic E-state index is -3.73. The van der Waals surface area contributed by atoms with E-state index in [4.69, 9.17) is 9.47 Å². The number of ether oxygens (including phenoxy) is 2. The number of sulfonamides is 1. The van der Waals surface area contributed by atoms with Gasteiger partial charge in [-0.2, -0.15) is 0 Å². The van der Waals surface area contributed by atoms with Crippen LogP contribution in [0.2, 0.25) is 0 Å². The number of nitrogens with one attached hydrogen (secondary N) is 1. The normalized spacial score (nSPS) is 11.4. The molecule has 0 radical (unpaired) electrons. The summed E-state index contributed by atoms with van der Waals surface area (Å²) in [4.78, 5) is 13.3. The van der Waals surface area contributed by atoms with E-state index in [0.717, 1.165) is 11.1 Å². The molecule has 0 aliphatic carbocycles. The molecular formula is C17H28N2O5S. The molecule has 7 nitrogen and oxygen atoms in total. The Morgan fingerprint density at radius 1 is 1.16 bits per heavy atom. The maximum atomic E-state index is 12.6. The van der Waals surface area contributed by atoms with Gasteiger partial charge in [0.25, 0.3) is 0 Å². The summed E-state index contributed by atoms with van der Waals surface area (Å²) in [6, 6.07) is 3.30. The van der Waals surface area contributed by atoms with Crippen molar-refractivity contribution in [2.24, 2.45) is 0 Å². The number of carbonyl (C=O) groups is 1. The van der Waals surface area contributed by atoms with E-state index in [2.05, 4.69) is 4.72 Å². The highest BCUT2D eigenvalue weighted by atomic mass is 32.2. The fraction of sp³-hybridized carbons (Fsp3) is 0.588. The molecule has 1 rings (SSSR count). The van der Waals surface area contributed by atoms with Crippen molar-refractivity contribution in [1.29, 1.82) is 0 Å². The molecule has 0 spiro atoms. The van der Waals surface area contributed by atoms with Crippen molar-refractivity contribution in [3.63, 3.8) is 0 Å². The first-order chi connectivity index (χ1) is 11.7. The van der Waals surface area contributed by atoms with E-state index < -0.39 is 10.0 Å². The first-order valence-electron chi connectivity index (χ1n) is 8.12. The molecule has 1 amide bonds. The number of carbonyl (C=O) groups excluding carboxylic acids is 1. The maximum absolute atomic E-state index is 12.6. The van der Waals surface area contributed by atoms with Crippen LogP contribution < -0.4 is 9.46 Å². The van der Waals surface area contributed by atoms with Gasteiger partial charge in [0.1, 0.15) is 10.6 Å². The largest absolute Gasteiger partial charge is 0.495 e. The zero-order chi connectivity index (χ0) is 19.0. The number of hydrogen-bond acceptors (Lipinski definition) is 5.